The van der Waals surface area contributed by atoms with Gasteiger partial charge >= 0.3 is 0 Å². The van der Waals surface area contributed by atoms with E-state index in [1.807, 2.05) is 0 Å². The van der Waals surface area contributed by atoms with Crippen LogP contribution in [0.2, 0.25) is 5.54 Å². The molecule has 2 atom stereocenters. The summed E-state index contributed by atoms with van der Waals surface area (Å²) in [5.74, 6) is 0. The molecule has 1 rings (SSSR count). The SMILES string of the molecule is [SiH3]C1CCCOC1[SiH3]. The van der Waals surface area contributed by atoms with Crippen molar-refractivity contribution in [1.29, 1.82) is 0 Å². The normalized spacial score (nSPS) is 40.5. The second-order valence-electron chi connectivity index (χ2n) is 2.70. The summed E-state index contributed by atoms with van der Waals surface area (Å²) in [6.45, 7) is 1.03. The standard InChI is InChI=1S/C5H14OSi2/c7-4-2-1-3-6-5(4)8/h4-5H,1-3H2,7-8H3. The molecule has 0 aliphatic carbocycles. The molecule has 1 aliphatic rings. The number of hydrogen-bond donors (Lipinski definition) is 0. The maximum atomic E-state index is 5.49. The summed E-state index contributed by atoms with van der Waals surface area (Å²) in [6, 6.07) is 0. The van der Waals surface area contributed by atoms with Gasteiger partial charge in [-0.1, -0.05) is 0 Å². The molecule has 0 aromatic heterocycles. The number of rotatable bonds is 0. The van der Waals surface area contributed by atoms with Crippen molar-refractivity contribution in [3.8, 4) is 0 Å². The molecule has 0 aromatic rings. The fraction of sp³-hybridized carbons (Fsp3) is 1.00. The van der Waals surface area contributed by atoms with Gasteiger partial charge in [0, 0.05) is 32.8 Å². The van der Waals surface area contributed by atoms with E-state index in [1.165, 1.54) is 33.3 Å². The third-order valence-corrected chi connectivity index (χ3v) is 6.31. The van der Waals surface area contributed by atoms with Crippen LogP contribution in [0.5, 0.6) is 0 Å². The highest BCUT2D eigenvalue weighted by atomic mass is 28.2. The first-order chi connectivity index (χ1) is 3.80. The Bertz CT molecular complexity index is 66.8. The monoisotopic (exact) mass is 146 g/mol. The van der Waals surface area contributed by atoms with Crippen LogP contribution in [-0.4, -0.2) is 32.8 Å². The average molecular weight is 146 g/mol. The van der Waals surface area contributed by atoms with Gasteiger partial charge in [0.1, 0.15) is 0 Å². The van der Waals surface area contributed by atoms with Crippen LogP contribution in [0.3, 0.4) is 0 Å². The highest BCUT2D eigenvalue weighted by Crippen LogP contribution is 2.19. The molecule has 0 saturated carbocycles. The Labute approximate surface area is 56.6 Å². The molecule has 1 saturated heterocycles. The Morgan fingerprint density at radius 1 is 1.38 bits per heavy atom. The summed E-state index contributed by atoms with van der Waals surface area (Å²) in [4.78, 5) is 0. The Hall–Kier alpha value is 0.394. The lowest BCUT2D eigenvalue weighted by Gasteiger charge is -2.25. The van der Waals surface area contributed by atoms with Gasteiger partial charge in [-0.25, -0.2) is 0 Å². The summed E-state index contributed by atoms with van der Waals surface area (Å²) in [5, 5.41) is 0. The van der Waals surface area contributed by atoms with Crippen LogP contribution in [0.1, 0.15) is 12.8 Å². The van der Waals surface area contributed by atoms with Crippen molar-refractivity contribution in [2.24, 2.45) is 0 Å². The van der Waals surface area contributed by atoms with Gasteiger partial charge in [0.2, 0.25) is 0 Å². The third kappa shape index (κ3) is 1.43. The smallest absolute Gasteiger partial charge is 0.0465 e. The van der Waals surface area contributed by atoms with Gasteiger partial charge in [-0.2, -0.15) is 0 Å². The minimum atomic E-state index is 0.704. The Kier molecular flexibility index (Phi) is 2.28. The topological polar surface area (TPSA) is 9.23 Å². The quantitative estimate of drug-likeness (QED) is 0.384. The van der Waals surface area contributed by atoms with Crippen molar-refractivity contribution in [3.05, 3.63) is 0 Å². The van der Waals surface area contributed by atoms with Crippen LogP contribution >= 0.6 is 0 Å². The third-order valence-electron chi connectivity index (χ3n) is 1.99. The maximum Gasteiger partial charge on any atom is 0.0465 e. The van der Waals surface area contributed by atoms with E-state index in [0.717, 1.165) is 12.1 Å². The first-order valence-electron chi connectivity index (χ1n) is 3.42. The second-order valence-corrected chi connectivity index (χ2v) is 5.32. The zero-order chi connectivity index (χ0) is 5.98. The van der Waals surface area contributed by atoms with Crippen molar-refractivity contribution >= 4 is 20.5 Å². The summed E-state index contributed by atoms with van der Waals surface area (Å²) in [5.41, 5.74) is 1.69. The van der Waals surface area contributed by atoms with E-state index in [-0.39, 0.29) is 0 Å². The molecule has 3 heteroatoms. The average Bonchev–Trinajstić information content (AvgIpc) is 1.77. The van der Waals surface area contributed by atoms with Crippen LogP contribution < -0.4 is 0 Å². The highest BCUT2D eigenvalue weighted by molar-refractivity contribution is 6.20. The molecule has 1 nitrogen and oxygen atoms in total. The zero-order valence-electron chi connectivity index (χ0n) is 5.68. The molecule has 1 fully saturated rings. The van der Waals surface area contributed by atoms with Crippen molar-refractivity contribution in [2.45, 2.75) is 24.1 Å². The first kappa shape index (κ1) is 6.51. The van der Waals surface area contributed by atoms with Crippen LogP contribution in [0, 0.1) is 0 Å². The van der Waals surface area contributed by atoms with Crippen LogP contribution in [0.4, 0.5) is 0 Å². The Morgan fingerprint density at radius 3 is 2.50 bits per heavy atom. The summed E-state index contributed by atoms with van der Waals surface area (Å²) in [7, 11) is 2.59. The largest absolute Gasteiger partial charge is 0.383 e. The van der Waals surface area contributed by atoms with E-state index in [1.54, 1.807) is 0 Å². The fourth-order valence-electron chi connectivity index (χ4n) is 1.07. The fourth-order valence-corrected chi connectivity index (χ4v) is 2.24. The lowest BCUT2D eigenvalue weighted by molar-refractivity contribution is 0.0683. The van der Waals surface area contributed by atoms with Crippen molar-refractivity contribution in [3.63, 3.8) is 0 Å². The van der Waals surface area contributed by atoms with Gasteiger partial charge in [0.05, 0.1) is 0 Å². The highest BCUT2D eigenvalue weighted by Gasteiger charge is 2.15. The second kappa shape index (κ2) is 2.80. The molecular weight excluding hydrogens is 132 g/mol. The van der Waals surface area contributed by atoms with E-state index >= 15 is 0 Å². The number of ether oxygens (including phenoxy) is 1. The minimum Gasteiger partial charge on any atom is -0.383 e. The predicted octanol–water partition coefficient (Wildman–Crippen LogP) is -1.36. The molecule has 48 valence electrons. The van der Waals surface area contributed by atoms with Crippen LogP contribution in [0.25, 0.3) is 0 Å². The van der Waals surface area contributed by atoms with Gasteiger partial charge < -0.3 is 4.74 Å². The Balaban J connectivity index is 2.28. The first-order valence-corrected chi connectivity index (χ1v) is 5.73. The molecule has 0 amide bonds. The van der Waals surface area contributed by atoms with Crippen LogP contribution in [-0.2, 0) is 4.74 Å². The molecule has 0 N–H and O–H groups in total. The van der Waals surface area contributed by atoms with E-state index in [4.69, 9.17) is 4.74 Å². The minimum absolute atomic E-state index is 0.704. The maximum absolute atomic E-state index is 5.49. The van der Waals surface area contributed by atoms with Gasteiger partial charge in [0.15, 0.2) is 0 Å². The van der Waals surface area contributed by atoms with Crippen molar-refractivity contribution < 1.29 is 4.74 Å². The van der Waals surface area contributed by atoms with E-state index < -0.39 is 0 Å². The van der Waals surface area contributed by atoms with E-state index in [0.29, 0.717) is 5.73 Å². The summed E-state index contributed by atoms with van der Waals surface area (Å²) >= 11 is 0. The molecule has 0 radical (unpaired) electrons. The molecule has 2 unspecified atom stereocenters. The lowest BCUT2D eigenvalue weighted by Crippen LogP contribution is -2.25. The van der Waals surface area contributed by atoms with E-state index in [2.05, 4.69) is 0 Å². The van der Waals surface area contributed by atoms with Crippen LogP contribution in [0.15, 0.2) is 0 Å². The lowest BCUT2D eigenvalue weighted by atomic mass is 10.2. The van der Waals surface area contributed by atoms with Gasteiger partial charge in [-0.3, -0.25) is 0 Å². The summed E-state index contributed by atoms with van der Waals surface area (Å²) in [6.07, 6.45) is 2.76. The molecule has 0 aromatic carbocycles. The predicted molar refractivity (Wildman–Crippen MR) is 42.6 cm³/mol. The molecule has 1 aliphatic heterocycles. The van der Waals surface area contributed by atoms with Gasteiger partial charge in [-0.15, -0.1) is 0 Å². The summed E-state index contributed by atoms with van der Waals surface area (Å²) < 4.78 is 5.49. The van der Waals surface area contributed by atoms with Gasteiger partial charge in [-0.05, 0) is 18.4 Å². The zero-order valence-corrected chi connectivity index (χ0v) is 9.68. The Morgan fingerprint density at radius 2 is 2.12 bits per heavy atom. The van der Waals surface area contributed by atoms with Crippen molar-refractivity contribution in [2.75, 3.05) is 6.61 Å². The van der Waals surface area contributed by atoms with Crippen molar-refractivity contribution in [1.82, 2.24) is 0 Å². The van der Waals surface area contributed by atoms with E-state index in [9.17, 15) is 0 Å². The number of hydrogen-bond acceptors (Lipinski definition) is 1. The molecule has 1 heterocycles. The molecule has 8 heavy (non-hydrogen) atoms. The van der Waals surface area contributed by atoms with Gasteiger partial charge in [0.25, 0.3) is 0 Å². The molecular formula is C5H14OSi2. The molecule has 0 bridgehead atoms. The molecule has 0 spiro atoms.